The number of nitrogens with one attached hydrogen (secondary N) is 1. The van der Waals surface area contributed by atoms with Gasteiger partial charge in [0.05, 0.1) is 31.4 Å². The summed E-state index contributed by atoms with van der Waals surface area (Å²) in [5.74, 6) is 0.127. The smallest absolute Gasteiger partial charge is 0.264 e. The van der Waals surface area contributed by atoms with Crippen LogP contribution in [0.1, 0.15) is 25.0 Å². The zero-order valence-electron chi connectivity index (χ0n) is 27.4. The number of hydrogen-bond acceptors (Lipinski definition) is 7. The van der Waals surface area contributed by atoms with Crippen molar-refractivity contribution in [3.63, 3.8) is 0 Å². The first-order valence-corrected chi connectivity index (χ1v) is 17.3. The molecule has 0 spiro atoms. The van der Waals surface area contributed by atoms with Gasteiger partial charge in [-0.3, -0.25) is 13.9 Å². The van der Waals surface area contributed by atoms with Crippen molar-refractivity contribution in [1.82, 2.24) is 10.2 Å². The van der Waals surface area contributed by atoms with Crippen molar-refractivity contribution >= 4 is 39.1 Å². The third kappa shape index (κ3) is 8.99. The van der Waals surface area contributed by atoms with Gasteiger partial charge in [-0.05, 0) is 73.5 Å². The molecule has 0 aliphatic carbocycles. The van der Waals surface area contributed by atoms with Gasteiger partial charge in [-0.1, -0.05) is 54.1 Å². The molecule has 48 heavy (non-hydrogen) atoms. The average Bonchev–Trinajstić information content (AvgIpc) is 3.09. The minimum atomic E-state index is -4.37. The van der Waals surface area contributed by atoms with Gasteiger partial charge in [0.25, 0.3) is 10.0 Å². The van der Waals surface area contributed by atoms with Gasteiger partial charge in [0, 0.05) is 30.6 Å². The minimum Gasteiger partial charge on any atom is -0.494 e. The highest BCUT2D eigenvalue weighted by Gasteiger charge is 2.35. The molecule has 12 heteroatoms. The third-order valence-electron chi connectivity index (χ3n) is 7.52. The number of benzene rings is 4. The van der Waals surface area contributed by atoms with Crippen LogP contribution in [0.15, 0.2) is 102 Å². The van der Waals surface area contributed by atoms with Crippen LogP contribution >= 0.6 is 11.6 Å². The average molecular weight is 694 g/mol. The van der Waals surface area contributed by atoms with E-state index in [1.54, 1.807) is 55.5 Å². The Kier molecular flexibility index (Phi) is 12.7. The molecule has 0 saturated carbocycles. The molecule has 0 aromatic heterocycles. The Labute approximate surface area is 287 Å². The van der Waals surface area contributed by atoms with E-state index in [2.05, 4.69) is 5.32 Å². The zero-order valence-corrected chi connectivity index (χ0v) is 29.0. The normalized spacial score (nSPS) is 11.7. The molecule has 0 bridgehead atoms. The number of amides is 2. The summed E-state index contributed by atoms with van der Waals surface area (Å²) in [4.78, 5) is 29.5. The first kappa shape index (κ1) is 36.1. The molecule has 0 saturated heterocycles. The summed E-state index contributed by atoms with van der Waals surface area (Å²) >= 11 is 6.30. The lowest BCUT2D eigenvalue weighted by Crippen LogP contribution is -2.53. The maximum Gasteiger partial charge on any atom is 0.264 e. The maximum atomic E-state index is 14.6. The second-order valence-corrected chi connectivity index (χ2v) is 13.0. The second kappa shape index (κ2) is 16.9. The van der Waals surface area contributed by atoms with Gasteiger partial charge in [-0.25, -0.2) is 8.42 Å². The molecule has 0 fully saturated rings. The lowest BCUT2D eigenvalue weighted by molar-refractivity contribution is -0.140. The fourth-order valence-corrected chi connectivity index (χ4v) is 6.83. The molecule has 254 valence electrons. The highest BCUT2D eigenvalue weighted by molar-refractivity contribution is 7.92. The van der Waals surface area contributed by atoms with E-state index in [0.717, 1.165) is 9.87 Å². The topological polar surface area (TPSA) is 114 Å². The van der Waals surface area contributed by atoms with E-state index in [1.807, 2.05) is 37.3 Å². The minimum absolute atomic E-state index is 0.00154. The number of sulfonamides is 1. The van der Waals surface area contributed by atoms with Crippen LogP contribution in [-0.4, -0.2) is 65.1 Å². The number of anilines is 1. The van der Waals surface area contributed by atoms with Gasteiger partial charge in [0.15, 0.2) is 11.5 Å². The van der Waals surface area contributed by atoms with E-state index in [-0.39, 0.29) is 35.2 Å². The van der Waals surface area contributed by atoms with Crippen LogP contribution in [0.4, 0.5) is 5.69 Å². The molecule has 10 nitrogen and oxygen atoms in total. The summed E-state index contributed by atoms with van der Waals surface area (Å²) in [6.07, 6.45) is 0.199. The number of nitrogens with zero attached hydrogens (tertiary/aromatic N) is 2. The first-order chi connectivity index (χ1) is 23.1. The monoisotopic (exact) mass is 693 g/mol. The van der Waals surface area contributed by atoms with Crippen LogP contribution in [0.3, 0.4) is 0 Å². The van der Waals surface area contributed by atoms with Gasteiger partial charge in [-0.2, -0.15) is 0 Å². The highest BCUT2D eigenvalue weighted by atomic mass is 35.5. The summed E-state index contributed by atoms with van der Waals surface area (Å²) in [5, 5.41) is 3.31. The van der Waals surface area contributed by atoms with Crippen molar-refractivity contribution in [2.24, 2.45) is 0 Å². The molecule has 0 aliphatic heterocycles. The summed E-state index contributed by atoms with van der Waals surface area (Å²) in [6, 6.07) is 26.0. The molecular weight excluding hydrogens is 654 g/mol. The molecule has 1 N–H and O–H groups in total. The van der Waals surface area contributed by atoms with Crippen molar-refractivity contribution < 1.29 is 32.2 Å². The quantitative estimate of drug-likeness (QED) is 0.160. The number of rotatable bonds is 16. The van der Waals surface area contributed by atoms with Gasteiger partial charge >= 0.3 is 0 Å². The second-order valence-electron chi connectivity index (χ2n) is 10.7. The predicted molar refractivity (Wildman–Crippen MR) is 186 cm³/mol. The Balaban J connectivity index is 1.82. The van der Waals surface area contributed by atoms with Crippen LogP contribution in [0.25, 0.3) is 0 Å². The Morgan fingerprint density at radius 3 is 2.15 bits per heavy atom. The van der Waals surface area contributed by atoms with E-state index in [9.17, 15) is 18.0 Å². The van der Waals surface area contributed by atoms with Crippen molar-refractivity contribution in [2.45, 2.75) is 37.8 Å². The van der Waals surface area contributed by atoms with E-state index in [0.29, 0.717) is 35.2 Å². The van der Waals surface area contributed by atoms with E-state index < -0.39 is 28.5 Å². The summed E-state index contributed by atoms with van der Waals surface area (Å²) in [5.41, 5.74) is 1.73. The van der Waals surface area contributed by atoms with E-state index >= 15 is 0 Å². The molecule has 1 atom stereocenters. The SMILES string of the molecule is CCNC(=O)[C@@H](Cc1ccccc1)N(Cc1cccc(Cl)c1)C(=O)CN(c1ccc(OCC)cc1)S(=O)(=O)c1ccc(OC)c(OC)c1. The predicted octanol–water partition coefficient (Wildman–Crippen LogP) is 5.73. The van der Waals surface area contributed by atoms with Crippen LogP contribution < -0.4 is 23.8 Å². The van der Waals surface area contributed by atoms with Crippen LogP contribution in [0.2, 0.25) is 5.02 Å². The highest BCUT2D eigenvalue weighted by Crippen LogP contribution is 2.33. The molecule has 4 aromatic rings. The standard InChI is InChI=1S/C36H40ClN3O7S/c1-5-38-36(42)32(22-26-11-8-7-9-12-26)39(24-27-13-10-14-28(37)21-27)35(41)25-40(29-15-17-30(18-16-29)47-6-2)48(43,44)31-19-20-33(45-3)34(23-31)46-4/h7-21,23,32H,5-6,22,24-25H2,1-4H3,(H,38,42)/t32-/m1/s1. The van der Waals surface area contributed by atoms with Crippen molar-refractivity contribution in [3.8, 4) is 17.2 Å². The number of carbonyl (C=O) groups excluding carboxylic acids is 2. The molecule has 4 aromatic carbocycles. The van der Waals surface area contributed by atoms with Crippen LogP contribution in [0.5, 0.6) is 17.2 Å². The number of hydrogen-bond donors (Lipinski definition) is 1. The van der Waals surface area contributed by atoms with E-state index in [4.69, 9.17) is 25.8 Å². The number of methoxy groups -OCH3 is 2. The molecular formula is C36H40ClN3O7S. The van der Waals surface area contributed by atoms with Crippen molar-refractivity contribution in [2.75, 3.05) is 38.2 Å². The fraction of sp³-hybridized carbons (Fsp3) is 0.278. The van der Waals surface area contributed by atoms with Gasteiger partial charge in [0.2, 0.25) is 11.8 Å². The summed E-state index contributed by atoms with van der Waals surface area (Å²) < 4.78 is 46.1. The van der Waals surface area contributed by atoms with Crippen LogP contribution in [-0.2, 0) is 32.6 Å². The van der Waals surface area contributed by atoms with Gasteiger partial charge < -0.3 is 24.4 Å². The fourth-order valence-electron chi connectivity index (χ4n) is 5.19. The molecule has 0 radical (unpaired) electrons. The maximum absolute atomic E-state index is 14.6. The Morgan fingerprint density at radius 2 is 1.52 bits per heavy atom. The first-order valence-electron chi connectivity index (χ1n) is 15.4. The van der Waals surface area contributed by atoms with Gasteiger partial charge in [0.1, 0.15) is 18.3 Å². The molecule has 0 heterocycles. The van der Waals surface area contributed by atoms with E-state index in [1.165, 1.54) is 37.3 Å². The van der Waals surface area contributed by atoms with Crippen molar-refractivity contribution in [1.29, 1.82) is 0 Å². The van der Waals surface area contributed by atoms with Gasteiger partial charge in [-0.15, -0.1) is 0 Å². The Hall–Kier alpha value is -4.74. The molecule has 2 amide bonds. The number of ether oxygens (including phenoxy) is 3. The number of halogens is 1. The lowest BCUT2D eigenvalue weighted by atomic mass is 10.0. The summed E-state index contributed by atoms with van der Waals surface area (Å²) in [6.45, 7) is 3.79. The van der Waals surface area contributed by atoms with Crippen molar-refractivity contribution in [3.05, 3.63) is 113 Å². The number of likely N-dealkylation sites (N-methyl/N-ethyl adjacent to an activating group) is 1. The Morgan fingerprint density at radius 1 is 0.833 bits per heavy atom. The number of carbonyl (C=O) groups is 2. The summed E-state index contributed by atoms with van der Waals surface area (Å²) in [7, 11) is -1.52. The third-order valence-corrected chi connectivity index (χ3v) is 9.53. The lowest BCUT2D eigenvalue weighted by Gasteiger charge is -2.34. The molecule has 4 rings (SSSR count). The zero-order chi connectivity index (χ0) is 34.7. The van der Waals surface area contributed by atoms with Crippen LogP contribution in [0, 0.1) is 0 Å². The Bertz CT molecular complexity index is 1790. The molecule has 0 unspecified atom stereocenters. The largest absolute Gasteiger partial charge is 0.494 e. The molecule has 0 aliphatic rings.